The van der Waals surface area contributed by atoms with E-state index in [9.17, 15) is 17.6 Å². The van der Waals surface area contributed by atoms with E-state index in [4.69, 9.17) is 0 Å². The Labute approximate surface area is 115 Å². The van der Waals surface area contributed by atoms with Crippen LogP contribution in [0.2, 0.25) is 0 Å². The quantitative estimate of drug-likeness (QED) is 0.879. The van der Waals surface area contributed by atoms with Crippen LogP contribution in [0.3, 0.4) is 0 Å². The molecule has 1 aromatic carbocycles. The highest BCUT2D eigenvalue weighted by Gasteiger charge is 2.19. The Kier molecular flexibility index (Phi) is 3.67. The van der Waals surface area contributed by atoms with Gasteiger partial charge in [0, 0.05) is 4.47 Å². The minimum atomic E-state index is -4.02. The average molecular weight is 348 g/mol. The van der Waals surface area contributed by atoms with Crippen molar-refractivity contribution in [3.63, 3.8) is 0 Å². The summed E-state index contributed by atoms with van der Waals surface area (Å²) >= 11 is 3.08. The van der Waals surface area contributed by atoms with Gasteiger partial charge in [-0.1, -0.05) is 12.1 Å². The molecule has 100 valence electrons. The first-order valence-corrected chi connectivity index (χ1v) is 7.20. The van der Waals surface area contributed by atoms with Crippen molar-refractivity contribution in [2.75, 3.05) is 4.72 Å². The predicted octanol–water partition coefficient (Wildman–Crippen LogP) is 1.47. The van der Waals surface area contributed by atoms with Gasteiger partial charge >= 0.3 is 5.69 Å². The molecule has 0 aliphatic heterocycles. The van der Waals surface area contributed by atoms with Gasteiger partial charge in [-0.15, -0.1) is 0 Å². The molecular weight excluding hydrogens is 341 g/mol. The van der Waals surface area contributed by atoms with Gasteiger partial charge in [0.25, 0.3) is 10.0 Å². The number of aromatic nitrogens is 2. The third kappa shape index (κ3) is 2.99. The van der Waals surface area contributed by atoms with Gasteiger partial charge in [-0.25, -0.2) is 17.6 Å². The molecule has 0 unspecified atom stereocenters. The Balaban J connectivity index is 2.45. The van der Waals surface area contributed by atoms with E-state index in [1.54, 1.807) is 6.07 Å². The third-order valence-electron chi connectivity index (χ3n) is 2.13. The summed E-state index contributed by atoms with van der Waals surface area (Å²) < 4.78 is 39.7. The highest BCUT2D eigenvalue weighted by Crippen LogP contribution is 2.23. The fourth-order valence-corrected chi connectivity index (χ4v) is 3.34. The van der Waals surface area contributed by atoms with Crippen molar-refractivity contribution < 1.29 is 12.8 Å². The molecule has 0 spiro atoms. The first-order valence-electron chi connectivity index (χ1n) is 4.92. The number of nitrogens with one attached hydrogen (secondary N) is 2. The Morgan fingerprint density at radius 2 is 2.00 bits per heavy atom. The SMILES string of the molecule is O=c1ncc(F)c(NS(=O)(=O)c2ccccc2Br)[nH]1. The van der Waals surface area contributed by atoms with Crippen LogP contribution < -0.4 is 10.4 Å². The summed E-state index contributed by atoms with van der Waals surface area (Å²) in [5, 5.41) is 0. The molecule has 6 nitrogen and oxygen atoms in total. The number of hydrogen-bond acceptors (Lipinski definition) is 4. The highest BCUT2D eigenvalue weighted by atomic mass is 79.9. The van der Waals surface area contributed by atoms with Gasteiger partial charge in [0.1, 0.15) is 4.90 Å². The lowest BCUT2D eigenvalue weighted by Gasteiger charge is -2.09. The molecule has 0 fully saturated rings. The van der Waals surface area contributed by atoms with Crippen LogP contribution in [0, 0.1) is 5.82 Å². The first-order chi connectivity index (χ1) is 8.90. The van der Waals surface area contributed by atoms with E-state index in [1.165, 1.54) is 18.2 Å². The van der Waals surface area contributed by atoms with Gasteiger partial charge in [0.2, 0.25) is 0 Å². The summed E-state index contributed by atoms with van der Waals surface area (Å²) in [5.41, 5.74) is -0.855. The van der Waals surface area contributed by atoms with Gasteiger partial charge in [-0.2, -0.15) is 4.98 Å². The molecule has 9 heteroatoms. The van der Waals surface area contributed by atoms with Crippen LogP contribution in [-0.2, 0) is 10.0 Å². The van der Waals surface area contributed by atoms with Crippen molar-refractivity contribution in [2.45, 2.75) is 4.90 Å². The van der Waals surface area contributed by atoms with E-state index in [1.807, 2.05) is 9.71 Å². The number of aromatic amines is 1. The number of benzene rings is 1. The molecule has 0 aliphatic rings. The zero-order valence-electron chi connectivity index (χ0n) is 9.22. The number of sulfonamides is 1. The zero-order valence-corrected chi connectivity index (χ0v) is 11.6. The second-order valence-electron chi connectivity index (χ2n) is 3.45. The van der Waals surface area contributed by atoms with Crippen LogP contribution in [0.4, 0.5) is 10.2 Å². The number of hydrogen-bond donors (Lipinski definition) is 2. The fraction of sp³-hybridized carbons (Fsp3) is 0. The second-order valence-corrected chi connectivity index (χ2v) is 5.95. The molecule has 0 atom stereocenters. The molecule has 19 heavy (non-hydrogen) atoms. The maximum absolute atomic E-state index is 13.3. The largest absolute Gasteiger partial charge is 0.346 e. The summed E-state index contributed by atoms with van der Waals surface area (Å²) in [6.07, 6.45) is 0.636. The van der Waals surface area contributed by atoms with Crippen LogP contribution in [0.15, 0.2) is 44.6 Å². The summed E-state index contributed by atoms with van der Waals surface area (Å²) in [5.74, 6) is -1.54. The van der Waals surface area contributed by atoms with E-state index in [0.717, 1.165) is 0 Å². The number of rotatable bonds is 3. The van der Waals surface area contributed by atoms with Crippen LogP contribution in [0.5, 0.6) is 0 Å². The maximum Gasteiger partial charge on any atom is 0.346 e. The lowest BCUT2D eigenvalue weighted by Crippen LogP contribution is -2.20. The van der Waals surface area contributed by atoms with E-state index in [2.05, 4.69) is 20.9 Å². The molecule has 0 amide bonds. The van der Waals surface area contributed by atoms with Crippen molar-refractivity contribution in [1.82, 2.24) is 9.97 Å². The third-order valence-corrected chi connectivity index (χ3v) is 4.49. The molecule has 0 saturated carbocycles. The summed E-state index contributed by atoms with van der Waals surface area (Å²) in [7, 11) is -4.02. The minimum Gasteiger partial charge on any atom is -0.289 e. The topological polar surface area (TPSA) is 91.9 Å². The van der Waals surface area contributed by atoms with Crippen LogP contribution in [-0.4, -0.2) is 18.4 Å². The van der Waals surface area contributed by atoms with Crippen molar-refractivity contribution in [2.24, 2.45) is 0 Å². The Morgan fingerprint density at radius 3 is 2.68 bits per heavy atom. The Morgan fingerprint density at radius 1 is 1.32 bits per heavy atom. The van der Waals surface area contributed by atoms with E-state index < -0.39 is 27.3 Å². The molecule has 1 aromatic heterocycles. The second kappa shape index (κ2) is 5.10. The molecule has 2 N–H and O–H groups in total. The Bertz CT molecular complexity index is 776. The molecule has 0 aliphatic carbocycles. The number of H-pyrrole nitrogens is 1. The smallest absolute Gasteiger partial charge is 0.289 e. The van der Waals surface area contributed by atoms with E-state index in [0.29, 0.717) is 10.7 Å². The number of nitrogens with zero attached hydrogens (tertiary/aromatic N) is 1. The lowest BCUT2D eigenvalue weighted by atomic mass is 10.4. The minimum absolute atomic E-state index is 0.0768. The number of halogens is 2. The zero-order chi connectivity index (χ0) is 14.0. The monoisotopic (exact) mass is 347 g/mol. The lowest BCUT2D eigenvalue weighted by molar-refractivity contribution is 0.595. The molecule has 1 heterocycles. The van der Waals surface area contributed by atoms with Crippen molar-refractivity contribution in [3.05, 3.63) is 51.2 Å². The van der Waals surface area contributed by atoms with Crippen LogP contribution in [0.1, 0.15) is 0 Å². The van der Waals surface area contributed by atoms with Gasteiger partial charge in [0.05, 0.1) is 6.20 Å². The van der Waals surface area contributed by atoms with Crippen molar-refractivity contribution >= 4 is 31.8 Å². The van der Waals surface area contributed by atoms with Gasteiger partial charge in [0.15, 0.2) is 11.6 Å². The first kappa shape index (κ1) is 13.7. The molecule has 2 aromatic rings. The number of anilines is 1. The van der Waals surface area contributed by atoms with Crippen molar-refractivity contribution in [1.29, 1.82) is 0 Å². The Hall–Kier alpha value is -1.74. The molecule has 0 saturated heterocycles. The molecule has 0 bridgehead atoms. The standard InChI is InChI=1S/C10H7BrFN3O3S/c11-6-3-1-2-4-8(6)19(17,18)15-9-7(12)5-13-10(16)14-9/h1-5H,(H2,13,14,15,16). The summed E-state index contributed by atoms with van der Waals surface area (Å²) in [6, 6.07) is 6.02. The van der Waals surface area contributed by atoms with E-state index in [-0.39, 0.29) is 4.90 Å². The normalized spacial score (nSPS) is 11.3. The molecular formula is C10H7BrFN3O3S. The van der Waals surface area contributed by atoms with Gasteiger partial charge in [-0.05, 0) is 28.1 Å². The van der Waals surface area contributed by atoms with E-state index >= 15 is 0 Å². The van der Waals surface area contributed by atoms with Crippen molar-refractivity contribution in [3.8, 4) is 0 Å². The fourth-order valence-electron chi connectivity index (χ4n) is 1.31. The predicted molar refractivity (Wildman–Crippen MR) is 69.8 cm³/mol. The summed E-state index contributed by atoms with van der Waals surface area (Å²) in [4.78, 5) is 16.0. The highest BCUT2D eigenvalue weighted by molar-refractivity contribution is 9.10. The average Bonchev–Trinajstić information content (AvgIpc) is 2.34. The van der Waals surface area contributed by atoms with Crippen LogP contribution >= 0.6 is 15.9 Å². The van der Waals surface area contributed by atoms with Gasteiger partial charge in [-0.3, -0.25) is 9.71 Å². The van der Waals surface area contributed by atoms with Gasteiger partial charge < -0.3 is 0 Å². The summed E-state index contributed by atoms with van der Waals surface area (Å²) in [6.45, 7) is 0. The molecule has 0 radical (unpaired) electrons. The maximum atomic E-state index is 13.3. The van der Waals surface area contributed by atoms with Crippen LogP contribution in [0.25, 0.3) is 0 Å². The molecule has 2 rings (SSSR count).